The molecule has 2 rings (SSSR count). The number of benzene rings is 1. The second kappa shape index (κ2) is 5.11. The Morgan fingerprint density at radius 3 is 2.44 bits per heavy atom. The molecule has 1 aliphatic carbocycles. The van der Waals surface area contributed by atoms with E-state index >= 15 is 0 Å². The molecule has 0 saturated heterocycles. The highest BCUT2D eigenvalue weighted by Gasteiger charge is 2.40. The van der Waals surface area contributed by atoms with Crippen molar-refractivity contribution in [1.29, 1.82) is 0 Å². The third-order valence-electron chi connectivity index (χ3n) is 3.93. The number of aryl methyl sites for hydroxylation is 1. The van der Waals surface area contributed by atoms with Crippen molar-refractivity contribution in [2.45, 2.75) is 51.1 Å². The molecule has 0 aromatic heterocycles. The Morgan fingerprint density at radius 1 is 1.39 bits per heavy atom. The summed E-state index contributed by atoms with van der Waals surface area (Å²) in [4.78, 5) is 12.0. The monoisotopic (exact) mass is 246 g/mol. The summed E-state index contributed by atoms with van der Waals surface area (Å²) in [7, 11) is 0. The Hall–Kier alpha value is -1.35. The molecule has 1 aromatic rings. The molecule has 1 aromatic carbocycles. The van der Waals surface area contributed by atoms with Gasteiger partial charge in [-0.1, -0.05) is 31.2 Å². The van der Waals surface area contributed by atoms with Crippen molar-refractivity contribution in [2.24, 2.45) is 5.73 Å². The molecular formula is C15H22N2O. The van der Waals surface area contributed by atoms with Crippen molar-refractivity contribution in [3.05, 3.63) is 35.4 Å². The van der Waals surface area contributed by atoms with E-state index in [4.69, 9.17) is 5.73 Å². The first-order valence-electron chi connectivity index (χ1n) is 6.74. The number of carbonyl (C=O) groups excluding carboxylic acids is 1. The van der Waals surface area contributed by atoms with Gasteiger partial charge in [-0.3, -0.25) is 4.79 Å². The van der Waals surface area contributed by atoms with Crippen LogP contribution in [0.4, 0.5) is 0 Å². The molecule has 0 heterocycles. The summed E-state index contributed by atoms with van der Waals surface area (Å²) in [6.45, 7) is 4.13. The lowest BCUT2D eigenvalue weighted by atomic mass is 9.77. The van der Waals surface area contributed by atoms with E-state index in [1.807, 2.05) is 6.92 Å². The van der Waals surface area contributed by atoms with Gasteiger partial charge in [0.1, 0.15) is 0 Å². The lowest BCUT2D eigenvalue weighted by molar-refractivity contribution is -0.129. The third kappa shape index (κ3) is 2.56. The van der Waals surface area contributed by atoms with Crippen molar-refractivity contribution in [1.82, 2.24) is 5.32 Å². The Balaban J connectivity index is 1.98. The number of nitrogens with one attached hydrogen (secondary N) is 1. The van der Waals surface area contributed by atoms with Gasteiger partial charge >= 0.3 is 0 Å². The summed E-state index contributed by atoms with van der Waals surface area (Å²) in [6, 6.07) is 8.39. The third-order valence-corrected chi connectivity index (χ3v) is 3.93. The highest BCUT2D eigenvalue weighted by atomic mass is 16.2. The van der Waals surface area contributed by atoms with Gasteiger partial charge in [-0.2, -0.15) is 0 Å². The molecule has 1 atom stereocenters. The first kappa shape index (κ1) is 13.1. The summed E-state index contributed by atoms with van der Waals surface area (Å²) in [5.41, 5.74) is 7.83. The fraction of sp³-hybridized carbons (Fsp3) is 0.533. The molecule has 1 saturated carbocycles. The van der Waals surface area contributed by atoms with Crippen LogP contribution in [0.5, 0.6) is 0 Å². The zero-order valence-electron chi connectivity index (χ0n) is 11.2. The second-order valence-corrected chi connectivity index (χ2v) is 5.30. The normalized spacial score (nSPS) is 18.8. The standard InChI is InChI=1S/C15H22N2O/c1-3-12-5-7-13(8-6-12)11(2)17-14(18)15(16)9-4-10-15/h5-8,11H,3-4,9-10,16H2,1-2H3,(H,17,18). The molecular weight excluding hydrogens is 224 g/mol. The molecule has 1 amide bonds. The Labute approximate surface area is 109 Å². The Bertz CT molecular complexity index is 421. The fourth-order valence-electron chi connectivity index (χ4n) is 2.25. The summed E-state index contributed by atoms with van der Waals surface area (Å²) < 4.78 is 0. The van der Waals surface area contributed by atoms with E-state index in [0.717, 1.165) is 31.2 Å². The van der Waals surface area contributed by atoms with E-state index in [1.54, 1.807) is 0 Å². The van der Waals surface area contributed by atoms with Crippen LogP contribution in [0.3, 0.4) is 0 Å². The SMILES string of the molecule is CCc1ccc(C(C)NC(=O)C2(N)CCC2)cc1. The molecule has 1 unspecified atom stereocenters. The predicted molar refractivity (Wildman–Crippen MR) is 73.1 cm³/mol. The smallest absolute Gasteiger partial charge is 0.240 e. The molecule has 18 heavy (non-hydrogen) atoms. The zero-order chi connectivity index (χ0) is 13.2. The maximum Gasteiger partial charge on any atom is 0.240 e. The van der Waals surface area contributed by atoms with Crippen LogP contribution in [-0.2, 0) is 11.2 Å². The number of nitrogens with two attached hydrogens (primary N) is 1. The van der Waals surface area contributed by atoms with Crippen LogP contribution in [0.25, 0.3) is 0 Å². The van der Waals surface area contributed by atoms with Crippen LogP contribution < -0.4 is 11.1 Å². The van der Waals surface area contributed by atoms with E-state index in [2.05, 4.69) is 36.5 Å². The number of amides is 1. The van der Waals surface area contributed by atoms with E-state index < -0.39 is 5.54 Å². The van der Waals surface area contributed by atoms with Gasteiger partial charge in [-0.15, -0.1) is 0 Å². The van der Waals surface area contributed by atoms with Crippen molar-refractivity contribution in [2.75, 3.05) is 0 Å². The molecule has 3 nitrogen and oxygen atoms in total. The van der Waals surface area contributed by atoms with Crippen molar-refractivity contribution >= 4 is 5.91 Å². The minimum absolute atomic E-state index is 0.0131. The molecule has 3 N–H and O–H groups in total. The highest BCUT2D eigenvalue weighted by Crippen LogP contribution is 2.29. The Kier molecular flexibility index (Phi) is 3.71. The van der Waals surface area contributed by atoms with Gasteiger partial charge in [0.15, 0.2) is 0 Å². The predicted octanol–water partition coefficient (Wildman–Crippen LogP) is 2.31. The van der Waals surface area contributed by atoms with E-state index in [9.17, 15) is 4.79 Å². The molecule has 0 aliphatic heterocycles. The van der Waals surface area contributed by atoms with Crippen LogP contribution in [0.1, 0.15) is 50.3 Å². The maximum atomic E-state index is 12.0. The summed E-state index contributed by atoms with van der Waals surface area (Å²) >= 11 is 0. The molecule has 0 bridgehead atoms. The van der Waals surface area contributed by atoms with Gasteiger partial charge in [0.2, 0.25) is 5.91 Å². The summed E-state index contributed by atoms with van der Waals surface area (Å²) in [5, 5.41) is 3.01. The Morgan fingerprint density at radius 2 is 2.00 bits per heavy atom. The van der Waals surface area contributed by atoms with E-state index in [1.165, 1.54) is 5.56 Å². The minimum Gasteiger partial charge on any atom is -0.348 e. The number of hydrogen-bond acceptors (Lipinski definition) is 2. The van der Waals surface area contributed by atoms with Crippen molar-refractivity contribution in [3.63, 3.8) is 0 Å². The molecule has 0 spiro atoms. The topological polar surface area (TPSA) is 55.1 Å². The fourth-order valence-corrected chi connectivity index (χ4v) is 2.25. The van der Waals surface area contributed by atoms with Crippen LogP contribution in [0, 0.1) is 0 Å². The summed E-state index contributed by atoms with van der Waals surface area (Å²) in [5.74, 6) is -0.0131. The van der Waals surface area contributed by atoms with E-state index in [0.29, 0.717) is 0 Å². The average Bonchev–Trinajstić information content (AvgIpc) is 2.35. The molecule has 98 valence electrons. The lowest BCUT2D eigenvalue weighted by Crippen LogP contribution is -2.58. The van der Waals surface area contributed by atoms with Gasteiger partial charge in [0, 0.05) is 0 Å². The van der Waals surface area contributed by atoms with Gasteiger partial charge < -0.3 is 11.1 Å². The average molecular weight is 246 g/mol. The zero-order valence-corrected chi connectivity index (χ0v) is 11.2. The summed E-state index contributed by atoms with van der Waals surface area (Å²) in [6.07, 6.45) is 3.71. The lowest BCUT2D eigenvalue weighted by Gasteiger charge is -2.37. The van der Waals surface area contributed by atoms with Crippen LogP contribution >= 0.6 is 0 Å². The molecule has 1 fully saturated rings. The molecule has 3 heteroatoms. The number of rotatable bonds is 4. The van der Waals surface area contributed by atoms with E-state index in [-0.39, 0.29) is 11.9 Å². The highest BCUT2D eigenvalue weighted by molar-refractivity contribution is 5.87. The first-order chi connectivity index (χ1) is 8.55. The second-order valence-electron chi connectivity index (χ2n) is 5.30. The van der Waals surface area contributed by atoms with Gasteiger partial charge in [-0.25, -0.2) is 0 Å². The number of carbonyl (C=O) groups is 1. The number of hydrogen-bond donors (Lipinski definition) is 2. The van der Waals surface area contributed by atoms with Gasteiger partial charge in [0.05, 0.1) is 11.6 Å². The van der Waals surface area contributed by atoms with Crippen molar-refractivity contribution < 1.29 is 4.79 Å². The van der Waals surface area contributed by atoms with Gasteiger partial charge in [-0.05, 0) is 43.7 Å². The molecule has 1 aliphatic rings. The van der Waals surface area contributed by atoms with Crippen LogP contribution in [0.15, 0.2) is 24.3 Å². The van der Waals surface area contributed by atoms with Crippen LogP contribution in [0.2, 0.25) is 0 Å². The first-order valence-corrected chi connectivity index (χ1v) is 6.74. The van der Waals surface area contributed by atoms with Crippen LogP contribution in [-0.4, -0.2) is 11.4 Å². The van der Waals surface area contributed by atoms with Crippen molar-refractivity contribution in [3.8, 4) is 0 Å². The largest absolute Gasteiger partial charge is 0.348 e. The maximum absolute atomic E-state index is 12.0. The minimum atomic E-state index is -0.613. The molecule has 0 radical (unpaired) electrons. The quantitative estimate of drug-likeness (QED) is 0.856. The van der Waals surface area contributed by atoms with Gasteiger partial charge in [0.25, 0.3) is 0 Å².